The number of carbonyl (C=O) groups excluding carboxylic acids is 1. The van der Waals surface area contributed by atoms with Gasteiger partial charge >= 0.3 is 0 Å². The Morgan fingerprint density at radius 1 is 1.05 bits per heavy atom. The van der Waals surface area contributed by atoms with E-state index in [1.165, 1.54) is 0 Å². The molecule has 0 fully saturated rings. The average Bonchev–Trinajstić information content (AvgIpc) is 2.55. The van der Waals surface area contributed by atoms with Gasteiger partial charge in [-0.15, -0.1) is 10.2 Å². The highest BCUT2D eigenvalue weighted by atomic mass is 16.1. The van der Waals surface area contributed by atoms with Crippen LogP contribution in [0, 0.1) is 0 Å². The first-order valence-corrected chi connectivity index (χ1v) is 7.15. The summed E-state index contributed by atoms with van der Waals surface area (Å²) in [6, 6.07) is 13.3. The first kappa shape index (κ1) is 15.0. The summed E-state index contributed by atoms with van der Waals surface area (Å²) in [7, 11) is 0. The third kappa shape index (κ3) is 4.02. The Labute approximate surface area is 125 Å². The molecule has 1 N–H and O–H groups in total. The molecule has 0 spiro atoms. The lowest BCUT2D eigenvalue weighted by molar-refractivity contribution is 0.0945. The van der Waals surface area contributed by atoms with Gasteiger partial charge in [0, 0.05) is 19.6 Å². The summed E-state index contributed by atoms with van der Waals surface area (Å²) in [5, 5.41) is 11.0. The van der Waals surface area contributed by atoms with Crippen LogP contribution in [0.15, 0.2) is 42.5 Å². The van der Waals surface area contributed by atoms with Crippen LogP contribution in [0.1, 0.15) is 29.9 Å². The second kappa shape index (κ2) is 7.38. The second-order valence-electron chi connectivity index (χ2n) is 4.62. The minimum Gasteiger partial charge on any atom is -0.356 e. The average molecular weight is 284 g/mol. The van der Waals surface area contributed by atoms with Crippen LogP contribution in [0.25, 0.3) is 0 Å². The van der Waals surface area contributed by atoms with Gasteiger partial charge in [-0.3, -0.25) is 4.79 Å². The summed E-state index contributed by atoms with van der Waals surface area (Å²) < 4.78 is 0. The molecule has 0 aliphatic heterocycles. The molecule has 0 unspecified atom stereocenters. The van der Waals surface area contributed by atoms with Gasteiger partial charge in [-0.1, -0.05) is 30.3 Å². The molecule has 110 valence electrons. The van der Waals surface area contributed by atoms with Gasteiger partial charge in [0.15, 0.2) is 11.5 Å². The molecule has 21 heavy (non-hydrogen) atoms. The zero-order valence-corrected chi connectivity index (χ0v) is 12.4. The third-order valence-electron chi connectivity index (χ3n) is 3.27. The highest BCUT2D eigenvalue weighted by molar-refractivity contribution is 5.92. The van der Waals surface area contributed by atoms with Gasteiger partial charge in [0.1, 0.15) is 0 Å². The molecule has 1 aromatic carbocycles. The lowest BCUT2D eigenvalue weighted by Crippen LogP contribution is -2.26. The zero-order chi connectivity index (χ0) is 15.1. The van der Waals surface area contributed by atoms with Crippen molar-refractivity contribution in [3.8, 4) is 0 Å². The minimum absolute atomic E-state index is 0.211. The number of rotatable bonds is 6. The maximum Gasteiger partial charge on any atom is 0.272 e. The van der Waals surface area contributed by atoms with E-state index in [0.717, 1.165) is 24.5 Å². The molecule has 0 saturated heterocycles. The summed E-state index contributed by atoms with van der Waals surface area (Å²) in [6.07, 6.45) is 0. The maximum atomic E-state index is 12.0. The molecule has 0 bridgehead atoms. The van der Waals surface area contributed by atoms with E-state index in [1.54, 1.807) is 6.07 Å². The Balaban J connectivity index is 1.97. The summed E-state index contributed by atoms with van der Waals surface area (Å²) >= 11 is 0. The van der Waals surface area contributed by atoms with Crippen molar-refractivity contribution in [2.45, 2.75) is 20.4 Å². The molecule has 2 rings (SSSR count). The van der Waals surface area contributed by atoms with E-state index in [1.807, 2.05) is 36.4 Å². The van der Waals surface area contributed by atoms with Crippen LogP contribution >= 0.6 is 0 Å². The van der Waals surface area contributed by atoms with Crippen molar-refractivity contribution in [3.63, 3.8) is 0 Å². The minimum atomic E-state index is -0.211. The molecule has 5 heteroatoms. The number of nitrogens with one attached hydrogen (secondary N) is 1. The Morgan fingerprint density at radius 3 is 2.33 bits per heavy atom. The first-order valence-electron chi connectivity index (χ1n) is 7.15. The third-order valence-corrected chi connectivity index (χ3v) is 3.27. The van der Waals surface area contributed by atoms with Crippen LogP contribution in [0.3, 0.4) is 0 Å². The van der Waals surface area contributed by atoms with Gasteiger partial charge in [0.2, 0.25) is 0 Å². The lowest BCUT2D eigenvalue weighted by atomic mass is 10.2. The number of benzene rings is 1. The van der Waals surface area contributed by atoms with Crippen LogP contribution in [0.4, 0.5) is 5.82 Å². The molecule has 0 radical (unpaired) electrons. The molecule has 1 heterocycles. The van der Waals surface area contributed by atoms with E-state index < -0.39 is 0 Å². The molecular formula is C16H20N4O. The van der Waals surface area contributed by atoms with E-state index >= 15 is 0 Å². The van der Waals surface area contributed by atoms with Crippen LogP contribution in [0.2, 0.25) is 0 Å². The van der Waals surface area contributed by atoms with Crippen LogP contribution in [-0.2, 0) is 6.54 Å². The Hall–Kier alpha value is -2.43. The van der Waals surface area contributed by atoms with Crippen molar-refractivity contribution in [2.75, 3.05) is 18.0 Å². The highest BCUT2D eigenvalue weighted by Gasteiger charge is 2.09. The van der Waals surface area contributed by atoms with Crippen molar-refractivity contribution in [3.05, 3.63) is 53.7 Å². The number of hydrogen-bond acceptors (Lipinski definition) is 4. The van der Waals surface area contributed by atoms with Crippen LogP contribution in [-0.4, -0.2) is 29.2 Å². The van der Waals surface area contributed by atoms with Crippen molar-refractivity contribution in [1.29, 1.82) is 0 Å². The standard InChI is InChI=1S/C16H20N4O/c1-3-20(4-2)15-11-10-14(18-19-15)16(21)17-12-13-8-6-5-7-9-13/h5-11H,3-4,12H2,1-2H3,(H,17,21). The number of nitrogens with zero attached hydrogens (tertiary/aromatic N) is 3. The Bertz CT molecular complexity index is 565. The molecule has 2 aromatic rings. The molecule has 0 saturated carbocycles. The van der Waals surface area contributed by atoms with Crippen molar-refractivity contribution in [1.82, 2.24) is 15.5 Å². The van der Waals surface area contributed by atoms with Gasteiger partial charge in [0.05, 0.1) is 0 Å². The zero-order valence-electron chi connectivity index (χ0n) is 12.4. The fourth-order valence-electron chi connectivity index (χ4n) is 2.03. The summed E-state index contributed by atoms with van der Waals surface area (Å²) in [5.74, 6) is 0.581. The normalized spacial score (nSPS) is 10.2. The van der Waals surface area contributed by atoms with E-state index in [2.05, 4.69) is 34.3 Å². The predicted octanol–water partition coefficient (Wildman–Crippen LogP) is 2.25. The monoisotopic (exact) mass is 284 g/mol. The Morgan fingerprint density at radius 2 is 1.76 bits per heavy atom. The summed E-state index contributed by atoms with van der Waals surface area (Å²) in [4.78, 5) is 14.1. The van der Waals surface area contributed by atoms with Crippen molar-refractivity contribution in [2.24, 2.45) is 0 Å². The largest absolute Gasteiger partial charge is 0.356 e. The summed E-state index contributed by atoms with van der Waals surface area (Å²) in [5.41, 5.74) is 1.39. The van der Waals surface area contributed by atoms with Crippen molar-refractivity contribution >= 4 is 11.7 Å². The molecule has 0 atom stereocenters. The van der Waals surface area contributed by atoms with E-state index in [0.29, 0.717) is 12.2 Å². The number of aromatic nitrogens is 2. The van der Waals surface area contributed by atoms with Gasteiger partial charge < -0.3 is 10.2 Å². The highest BCUT2D eigenvalue weighted by Crippen LogP contribution is 2.08. The number of hydrogen-bond donors (Lipinski definition) is 1. The number of amides is 1. The second-order valence-corrected chi connectivity index (χ2v) is 4.62. The number of carbonyl (C=O) groups is 1. The van der Waals surface area contributed by atoms with Crippen LogP contribution in [0.5, 0.6) is 0 Å². The first-order chi connectivity index (χ1) is 10.2. The van der Waals surface area contributed by atoms with E-state index in [9.17, 15) is 4.79 Å². The van der Waals surface area contributed by atoms with Crippen LogP contribution < -0.4 is 10.2 Å². The molecule has 0 aliphatic rings. The lowest BCUT2D eigenvalue weighted by Gasteiger charge is -2.18. The molecule has 1 amide bonds. The molecular weight excluding hydrogens is 264 g/mol. The molecule has 1 aromatic heterocycles. The van der Waals surface area contributed by atoms with Gasteiger partial charge in [0.25, 0.3) is 5.91 Å². The van der Waals surface area contributed by atoms with Gasteiger partial charge in [-0.2, -0.15) is 0 Å². The fraction of sp³-hybridized carbons (Fsp3) is 0.312. The van der Waals surface area contributed by atoms with E-state index in [-0.39, 0.29) is 5.91 Å². The maximum absolute atomic E-state index is 12.0. The molecule has 5 nitrogen and oxygen atoms in total. The predicted molar refractivity (Wildman–Crippen MR) is 83.2 cm³/mol. The van der Waals surface area contributed by atoms with E-state index in [4.69, 9.17) is 0 Å². The van der Waals surface area contributed by atoms with Gasteiger partial charge in [-0.05, 0) is 31.5 Å². The SMILES string of the molecule is CCN(CC)c1ccc(C(=O)NCc2ccccc2)nn1. The topological polar surface area (TPSA) is 58.1 Å². The molecule has 0 aliphatic carbocycles. The van der Waals surface area contributed by atoms with Gasteiger partial charge in [-0.25, -0.2) is 0 Å². The van der Waals surface area contributed by atoms with Crippen molar-refractivity contribution < 1.29 is 4.79 Å². The Kier molecular flexibility index (Phi) is 5.26. The quantitative estimate of drug-likeness (QED) is 0.884. The number of anilines is 1. The summed E-state index contributed by atoms with van der Waals surface area (Å²) in [6.45, 7) is 6.34. The fourth-order valence-corrected chi connectivity index (χ4v) is 2.03. The smallest absolute Gasteiger partial charge is 0.272 e.